The Balaban J connectivity index is 0.0000140. The third kappa shape index (κ3) is 15.3. The van der Waals surface area contributed by atoms with Gasteiger partial charge in [-0.1, -0.05) is 41.5 Å². The number of nitrogens with two attached hydrogens (primary N) is 1. The zero-order valence-electron chi connectivity index (χ0n) is 30.8. The van der Waals surface area contributed by atoms with Crippen molar-refractivity contribution in [3.05, 3.63) is 35.4 Å². The van der Waals surface area contributed by atoms with E-state index in [1.807, 2.05) is 41.5 Å². The molecule has 0 aliphatic carbocycles. The molecule has 20 heteroatoms. The fourth-order valence-electron chi connectivity index (χ4n) is 5.40. The standard InChI is InChI=1S/C33H52N10O9.ClH/c1-16(2)7-19(11-34)40-29(47)25-27(38-14-36-25)31(49)42-21(9-18(5)6)23(44)13-35-12-20(8-17(3)4)41-30(48)26-28(39-15-37-26)32(50)43-22(33(51)52)10-24(45)46;/h14-22,35H,7-13,34H2,1-6H3,(H,36,38)(H,37,39)(H,40,47)(H,41,48)(H,42,49)(H,43,50)(H,45,46)(H,51,52);1H/t19-,20-,21-,22-;/m0./s1. The smallest absolute Gasteiger partial charge is 0.326 e. The lowest BCUT2D eigenvalue weighted by molar-refractivity contribution is -0.145. The lowest BCUT2D eigenvalue weighted by Crippen LogP contribution is -2.49. The average molecular weight is 769 g/mol. The number of imidazole rings is 2. The molecule has 0 saturated heterocycles. The summed E-state index contributed by atoms with van der Waals surface area (Å²) in [6, 6.07) is -3.53. The van der Waals surface area contributed by atoms with E-state index < -0.39 is 60.1 Å². The first-order valence-corrected chi connectivity index (χ1v) is 17.1. The Labute approximate surface area is 313 Å². The minimum atomic E-state index is -1.74. The van der Waals surface area contributed by atoms with Crippen LogP contribution in [-0.2, 0) is 14.4 Å². The maximum Gasteiger partial charge on any atom is 0.326 e. The van der Waals surface area contributed by atoms with Crippen molar-refractivity contribution in [1.82, 2.24) is 46.5 Å². The Morgan fingerprint density at radius 2 is 1.13 bits per heavy atom. The lowest BCUT2D eigenvalue weighted by Gasteiger charge is -2.23. The maximum atomic E-state index is 13.4. The van der Waals surface area contributed by atoms with Crippen LogP contribution in [0.3, 0.4) is 0 Å². The van der Waals surface area contributed by atoms with Crippen molar-refractivity contribution in [2.45, 2.75) is 91.4 Å². The summed E-state index contributed by atoms with van der Waals surface area (Å²) in [6.07, 6.45) is 2.80. The summed E-state index contributed by atoms with van der Waals surface area (Å²) in [5.41, 5.74) is 4.88. The van der Waals surface area contributed by atoms with Crippen molar-refractivity contribution in [3.63, 3.8) is 0 Å². The molecule has 4 amide bonds. The average Bonchev–Trinajstić information content (AvgIpc) is 3.73. The summed E-state index contributed by atoms with van der Waals surface area (Å²) in [6.45, 7) is 11.8. The lowest BCUT2D eigenvalue weighted by atomic mass is 9.99. The third-order valence-electron chi connectivity index (χ3n) is 7.70. The van der Waals surface area contributed by atoms with Gasteiger partial charge in [0.2, 0.25) is 0 Å². The summed E-state index contributed by atoms with van der Waals surface area (Å²) in [4.78, 5) is 101. The molecule has 296 valence electrons. The molecule has 53 heavy (non-hydrogen) atoms. The van der Waals surface area contributed by atoms with Crippen molar-refractivity contribution in [2.24, 2.45) is 23.5 Å². The Hall–Kier alpha value is -4.88. The van der Waals surface area contributed by atoms with Crippen LogP contribution in [0.5, 0.6) is 0 Å². The van der Waals surface area contributed by atoms with Gasteiger partial charge in [-0.05, 0) is 37.0 Å². The number of hydrogen-bond donors (Lipinski definition) is 10. The van der Waals surface area contributed by atoms with Crippen LogP contribution in [0.2, 0.25) is 0 Å². The summed E-state index contributed by atoms with van der Waals surface area (Å²) in [5.74, 6) is -6.02. The van der Waals surface area contributed by atoms with E-state index in [9.17, 15) is 38.7 Å². The molecular formula is C33H53ClN10O9. The van der Waals surface area contributed by atoms with Crippen LogP contribution in [0.15, 0.2) is 12.7 Å². The van der Waals surface area contributed by atoms with Gasteiger partial charge in [0.1, 0.15) is 17.4 Å². The van der Waals surface area contributed by atoms with E-state index in [0.717, 1.165) is 6.33 Å². The fourth-order valence-corrected chi connectivity index (χ4v) is 5.40. The Morgan fingerprint density at radius 1 is 0.679 bits per heavy atom. The number of nitrogens with zero attached hydrogens (tertiary/aromatic N) is 2. The van der Waals surface area contributed by atoms with Crippen molar-refractivity contribution in [1.29, 1.82) is 0 Å². The second-order valence-corrected chi connectivity index (χ2v) is 13.8. The molecule has 0 unspecified atom stereocenters. The molecule has 0 aromatic carbocycles. The second kappa shape index (κ2) is 22.2. The minimum Gasteiger partial charge on any atom is -0.481 e. The molecule has 2 aromatic rings. The largest absolute Gasteiger partial charge is 0.481 e. The maximum absolute atomic E-state index is 13.4. The zero-order chi connectivity index (χ0) is 39.1. The highest BCUT2D eigenvalue weighted by Gasteiger charge is 2.30. The van der Waals surface area contributed by atoms with E-state index in [4.69, 9.17) is 10.8 Å². The topological polar surface area (TPSA) is 303 Å². The number of aromatic amines is 2. The minimum absolute atomic E-state index is 0. The van der Waals surface area contributed by atoms with Crippen molar-refractivity contribution >= 4 is 53.8 Å². The number of carboxylic acid groups (broad SMARTS) is 2. The number of H-pyrrole nitrogens is 2. The number of halogens is 1. The van der Waals surface area contributed by atoms with Crippen LogP contribution in [0.1, 0.15) is 109 Å². The number of ketones is 1. The highest BCUT2D eigenvalue weighted by atomic mass is 35.5. The molecule has 11 N–H and O–H groups in total. The molecule has 2 rings (SSSR count). The quantitative estimate of drug-likeness (QED) is 0.0736. The molecular weight excluding hydrogens is 716 g/mol. The monoisotopic (exact) mass is 768 g/mol. The first kappa shape index (κ1) is 46.1. The van der Waals surface area contributed by atoms with Crippen molar-refractivity contribution < 1.29 is 43.8 Å². The summed E-state index contributed by atoms with van der Waals surface area (Å²) >= 11 is 0. The normalized spacial score (nSPS) is 13.4. The number of carboxylic acids is 2. The molecule has 0 saturated carbocycles. The van der Waals surface area contributed by atoms with Crippen LogP contribution in [0.4, 0.5) is 0 Å². The SMILES string of the molecule is CC(C)C[C@@H](CNCC(=O)[C@H](CC(C)C)NC(=O)c1[nH]cnc1C(=O)N[C@H](CN)CC(C)C)NC(=O)c1nc[nH]c1C(=O)N[C@@H](CC(=O)O)C(=O)O.Cl. The number of amides is 4. The van der Waals surface area contributed by atoms with Gasteiger partial charge in [-0.2, -0.15) is 0 Å². The molecule has 0 bridgehead atoms. The Morgan fingerprint density at radius 3 is 1.57 bits per heavy atom. The molecule has 19 nitrogen and oxygen atoms in total. The van der Waals surface area contributed by atoms with Gasteiger partial charge in [-0.3, -0.25) is 28.8 Å². The number of carbonyl (C=O) groups excluding carboxylic acids is 5. The van der Waals surface area contributed by atoms with Gasteiger partial charge in [0.05, 0.1) is 31.7 Å². The van der Waals surface area contributed by atoms with E-state index in [2.05, 4.69) is 46.5 Å². The molecule has 0 aliphatic rings. The highest BCUT2D eigenvalue weighted by molar-refractivity contribution is 6.07. The van der Waals surface area contributed by atoms with Gasteiger partial charge in [-0.25, -0.2) is 14.8 Å². The number of aliphatic carboxylic acids is 2. The molecule has 2 aromatic heterocycles. The van der Waals surface area contributed by atoms with Gasteiger partial charge in [0.25, 0.3) is 23.6 Å². The third-order valence-corrected chi connectivity index (χ3v) is 7.70. The number of Topliss-reactive ketones (excluding diaryl/α,β-unsaturated/α-hetero) is 1. The van der Waals surface area contributed by atoms with Gasteiger partial charge in [0, 0.05) is 25.2 Å². The van der Waals surface area contributed by atoms with E-state index in [-0.39, 0.29) is 84.4 Å². The van der Waals surface area contributed by atoms with Crippen LogP contribution in [0.25, 0.3) is 0 Å². The molecule has 0 spiro atoms. The van der Waals surface area contributed by atoms with Crippen LogP contribution in [-0.4, -0.2) is 115 Å². The molecule has 0 radical (unpaired) electrons. The van der Waals surface area contributed by atoms with E-state index >= 15 is 0 Å². The number of nitrogens with one attached hydrogen (secondary N) is 7. The van der Waals surface area contributed by atoms with Gasteiger partial charge in [0.15, 0.2) is 17.2 Å². The Bertz CT molecular complexity index is 1560. The van der Waals surface area contributed by atoms with Gasteiger partial charge < -0.3 is 52.5 Å². The molecule has 0 fully saturated rings. The Kier molecular flexibility index (Phi) is 19.4. The van der Waals surface area contributed by atoms with Gasteiger partial charge in [-0.15, -0.1) is 12.4 Å². The summed E-state index contributed by atoms with van der Waals surface area (Å²) in [7, 11) is 0. The summed E-state index contributed by atoms with van der Waals surface area (Å²) < 4.78 is 0. The predicted molar refractivity (Wildman–Crippen MR) is 195 cm³/mol. The number of carbonyl (C=O) groups is 7. The zero-order valence-corrected chi connectivity index (χ0v) is 31.6. The molecule has 4 atom stereocenters. The fraction of sp³-hybridized carbons (Fsp3) is 0.606. The van der Waals surface area contributed by atoms with Crippen LogP contribution < -0.4 is 32.3 Å². The molecule has 0 aliphatic heterocycles. The first-order valence-electron chi connectivity index (χ1n) is 17.1. The van der Waals surface area contributed by atoms with E-state index in [1.165, 1.54) is 6.33 Å². The number of rotatable bonds is 23. The van der Waals surface area contributed by atoms with Crippen molar-refractivity contribution in [3.8, 4) is 0 Å². The van der Waals surface area contributed by atoms with Gasteiger partial charge >= 0.3 is 11.9 Å². The van der Waals surface area contributed by atoms with Crippen LogP contribution in [0, 0.1) is 17.8 Å². The second-order valence-electron chi connectivity index (χ2n) is 13.8. The van der Waals surface area contributed by atoms with Crippen LogP contribution >= 0.6 is 12.4 Å². The van der Waals surface area contributed by atoms with E-state index in [0.29, 0.717) is 19.3 Å². The first-order chi connectivity index (χ1) is 24.4. The molecule has 2 heterocycles. The van der Waals surface area contributed by atoms with E-state index in [1.54, 1.807) is 0 Å². The van der Waals surface area contributed by atoms with Crippen molar-refractivity contribution in [2.75, 3.05) is 19.6 Å². The predicted octanol–water partition coefficient (Wildman–Crippen LogP) is 0.463. The number of hydrogen-bond acceptors (Lipinski definition) is 11. The highest BCUT2D eigenvalue weighted by Crippen LogP contribution is 2.12. The number of aromatic nitrogens is 4. The summed E-state index contributed by atoms with van der Waals surface area (Å²) in [5, 5.41) is 31.6.